The molecule has 0 saturated carbocycles. The van der Waals surface area contributed by atoms with Gasteiger partial charge < -0.3 is 10.9 Å². The van der Waals surface area contributed by atoms with Crippen molar-refractivity contribution in [2.75, 3.05) is 0 Å². The number of oxime groups is 1. The van der Waals surface area contributed by atoms with Crippen molar-refractivity contribution >= 4 is 5.84 Å². The molecule has 0 aromatic carbocycles. The number of nitrogens with two attached hydrogens (primary N) is 1. The maximum Gasteiger partial charge on any atom is 0.165 e. The van der Waals surface area contributed by atoms with Crippen LogP contribution in [0.2, 0.25) is 0 Å². The lowest BCUT2D eigenvalue weighted by Crippen LogP contribution is -2.12. The fourth-order valence-corrected chi connectivity index (χ4v) is 0.490. The second-order valence-corrected chi connectivity index (χ2v) is 1.78. The second kappa shape index (κ2) is 3.95. The molecule has 0 spiro atoms. The average molecular weight is 128 g/mol. The van der Waals surface area contributed by atoms with Crippen molar-refractivity contribution in [2.24, 2.45) is 10.9 Å². The SMILES string of the molecule is CC/C=C(C)\C(N)=N\O. The second-order valence-electron chi connectivity index (χ2n) is 1.78. The van der Waals surface area contributed by atoms with Gasteiger partial charge in [0.15, 0.2) is 5.84 Å². The highest BCUT2D eigenvalue weighted by Gasteiger charge is 1.91. The number of hydrogen-bond acceptors (Lipinski definition) is 2. The molecule has 0 atom stereocenters. The first-order valence-electron chi connectivity index (χ1n) is 2.87. The highest BCUT2D eigenvalue weighted by Crippen LogP contribution is 1.93. The van der Waals surface area contributed by atoms with Crippen molar-refractivity contribution in [1.82, 2.24) is 0 Å². The van der Waals surface area contributed by atoms with E-state index in [4.69, 9.17) is 10.9 Å². The van der Waals surface area contributed by atoms with Crippen molar-refractivity contribution in [3.05, 3.63) is 11.6 Å². The molecule has 0 heterocycles. The molecule has 0 aromatic heterocycles. The van der Waals surface area contributed by atoms with Gasteiger partial charge in [0.1, 0.15) is 0 Å². The topological polar surface area (TPSA) is 58.6 Å². The maximum absolute atomic E-state index is 8.15. The van der Waals surface area contributed by atoms with E-state index >= 15 is 0 Å². The molecule has 3 N–H and O–H groups in total. The zero-order valence-electron chi connectivity index (χ0n) is 5.76. The molecule has 3 heteroatoms. The molecule has 0 saturated heterocycles. The first kappa shape index (κ1) is 8.01. The summed E-state index contributed by atoms with van der Waals surface area (Å²) >= 11 is 0. The summed E-state index contributed by atoms with van der Waals surface area (Å²) in [5.74, 6) is 0.192. The molecule has 0 rings (SSSR count). The van der Waals surface area contributed by atoms with Gasteiger partial charge in [-0.15, -0.1) is 0 Å². The van der Waals surface area contributed by atoms with Crippen LogP contribution in [0, 0.1) is 0 Å². The lowest BCUT2D eigenvalue weighted by atomic mass is 10.2. The van der Waals surface area contributed by atoms with Gasteiger partial charge in [0.25, 0.3) is 0 Å². The van der Waals surface area contributed by atoms with Crippen LogP contribution in [0.25, 0.3) is 0 Å². The Labute approximate surface area is 54.9 Å². The smallest absolute Gasteiger partial charge is 0.165 e. The van der Waals surface area contributed by atoms with E-state index in [9.17, 15) is 0 Å². The fourth-order valence-electron chi connectivity index (χ4n) is 0.490. The molecule has 9 heavy (non-hydrogen) atoms. The van der Waals surface area contributed by atoms with Crippen molar-refractivity contribution in [3.63, 3.8) is 0 Å². The summed E-state index contributed by atoms with van der Waals surface area (Å²) in [4.78, 5) is 0. The van der Waals surface area contributed by atoms with Gasteiger partial charge in [-0.05, 0) is 18.9 Å². The van der Waals surface area contributed by atoms with Gasteiger partial charge in [0, 0.05) is 0 Å². The van der Waals surface area contributed by atoms with Crippen LogP contribution in [0.4, 0.5) is 0 Å². The van der Waals surface area contributed by atoms with E-state index < -0.39 is 0 Å². The number of rotatable bonds is 2. The first-order valence-corrected chi connectivity index (χ1v) is 2.87. The van der Waals surface area contributed by atoms with Gasteiger partial charge in [0.2, 0.25) is 0 Å². The summed E-state index contributed by atoms with van der Waals surface area (Å²) in [5.41, 5.74) is 6.05. The molecule has 0 aromatic rings. The Kier molecular flexibility index (Phi) is 3.51. The van der Waals surface area contributed by atoms with Crippen LogP contribution >= 0.6 is 0 Å². The fraction of sp³-hybridized carbons (Fsp3) is 0.500. The van der Waals surface area contributed by atoms with Crippen molar-refractivity contribution < 1.29 is 5.21 Å². The van der Waals surface area contributed by atoms with Crippen molar-refractivity contribution in [1.29, 1.82) is 0 Å². The third kappa shape index (κ3) is 2.74. The Balaban J connectivity index is 4.03. The molecule has 0 aliphatic carbocycles. The molecule has 3 nitrogen and oxygen atoms in total. The molecule has 0 radical (unpaired) electrons. The average Bonchev–Trinajstić information content (AvgIpc) is 1.87. The maximum atomic E-state index is 8.15. The van der Waals surface area contributed by atoms with E-state index in [-0.39, 0.29) is 5.84 Å². The predicted molar refractivity (Wildman–Crippen MR) is 37.5 cm³/mol. The van der Waals surface area contributed by atoms with Gasteiger partial charge in [-0.2, -0.15) is 0 Å². The molecule has 52 valence electrons. The van der Waals surface area contributed by atoms with Crippen LogP contribution in [-0.4, -0.2) is 11.0 Å². The highest BCUT2D eigenvalue weighted by molar-refractivity contribution is 5.95. The van der Waals surface area contributed by atoms with Gasteiger partial charge in [-0.25, -0.2) is 0 Å². The normalized spacial score (nSPS) is 14.0. The quantitative estimate of drug-likeness (QED) is 0.253. The number of amidine groups is 1. The molecule has 0 aliphatic heterocycles. The number of nitrogens with zero attached hydrogens (tertiary/aromatic N) is 1. The van der Waals surface area contributed by atoms with Crippen LogP contribution in [0.15, 0.2) is 16.8 Å². The van der Waals surface area contributed by atoms with Crippen LogP contribution in [0.5, 0.6) is 0 Å². The third-order valence-corrected chi connectivity index (χ3v) is 1.02. The molecule has 0 aliphatic rings. The Morgan fingerprint density at radius 1 is 1.78 bits per heavy atom. The minimum atomic E-state index is 0.192. The number of allylic oxidation sites excluding steroid dienone is 1. The first-order chi connectivity index (χ1) is 4.22. The van der Waals surface area contributed by atoms with Crippen LogP contribution in [0.3, 0.4) is 0 Å². The van der Waals surface area contributed by atoms with Crippen molar-refractivity contribution in [2.45, 2.75) is 20.3 Å². The predicted octanol–water partition coefficient (Wildman–Crippen LogP) is 1.09. The van der Waals surface area contributed by atoms with Crippen LogP contribution < -0.4 is 5.73 Å². The summed E-state index contributed by atoms with van der Waals surface area (Å²) in [6, 6.07) is 0. The summed E-state index contributed by atoms with van der Waals surface area (Å²) in [6.07, 6.45) is 2.80. The zero-order valence-corrected chi connectivity index (χ0v) is 5.76. The Morgan fingerprint density at radius 2 is 2.33 bits per heavy atom. The summed E-state index contributed by atoms with van der Waals surface area (Å²) < 4.78 is 0. The summed E-state index contributed by atoms with van der Waals surface area (Å²) in [5, 5.41) is 11.0. The zero-order chi connectivity index (χ0) is 7.28. The number of hydrogen-bond donors (Lipinski definition) is 2. The highest BCUT2D eigenvalue weighted by atomic mass is 16.4. The Morgan fingerprint density at radius 3 is 2.67 bits per heavy atom. The van der Waals surface area contributed by atoms with Gasteiger partial charge in [-0.3, -0.25) is 0 Å². The molecule has 0 fully saturated rings. The largest absolute Gasteiger partial charge is 0.409 e. The van der Waals surface area contributed by atoms with Crippen molar-refractivity contribution in [3.8, 4) is 0 Å². The van der Waals surface area contributed by atoms with E-state index in [1.165, 1.54) is 0 Å². The lowest BCUT2D eigenvalue weighted by Gasteiger charge is -1.94. The van der Waals surface area contributed by atoms with Gasteiger partial charge in [0.05, 0.1) is 0 Å². The third-order valence-electron chi connectivity index (χ3n) is 1.02. The molecule has 0 unspecified atom stereocenters. The standard InChI is InChI=1S/C6H12N2O/c1-3-4-5(2)6(7)8-9/h4,9H,3H2,1-2H3,(H2,7,8)/b5-4-. The summed E-state index contributed by atoms with van der Waals surface area (Å²) in [7, 11) is 0. The van der Waals surface area contributed by atoms with Gasteiger partial charge >= 0.3 is 0 Å². The van der Waals surface area contributed by atoms with E-state index in [0.717, 1.165) is 12.0 Å². The van der Waals surface area contributed by atoms with Gasteiger partial charge in [-0.1, -0.05) is 18.2 Å². The molecule has 0 bridgehead atoms. The summed E-state index contributed by atoms with van der Waals surface area (Å²) in [6.45, 7) is 3.80. The Hall–Kier alpha value is -0.990. The van der Waals surface area contributed by atoms with E-state index in [0.29, 0.717) is 0 Å². The minimum absolute atomic E-state index is 0.192. The molecular formula is C6H12N2O. The molecular weight excluding hydrogens is 116 g/mol. The van der Waals surface area contributed by atoms with Crippen LogP contribution in [-0.2, 0) is 0 Å². The molecule has 0 amide bonds. The monoisotopic (exact) mass is 128 g/mol. The van der Waals surface area contributed by atoms with Crippen LogP contribution in [0.1, 0.15) is 20.3 Å². The van der Waals surface area contributed by atoms with E-state index in [1.807, 2.05) is 13.0 Å². The minimum Gasteiger partial charge on any atom is -0.409 e. The van der Waals surface area contributed by atoms with E-state index in [1.54, 1.807) is 6.92 Å². The van der Waals surface area contributed by atoms with E-state index in [2.05, 4.69) is 5.16 Å². The lowest BCUT2D eigenvalue weighted by molar-refractivity contribution is 0.318. The Bertz CT molecular complexity index is 138.